The van der Waals surface area contributed by atoms with Gasteiger partial charge < -0.3 is 30.0 Å². The van der Waals surface area contributed by atoms with Crippen molar-refractivity contribution in [2.24, 2.45) is 5.73 Å². The highest BCUT2D eigenvalue weighted by Gasteiger charge is 2.51. The number of hydrogen-bond acceptors (Lipinski definition) is 9. The van der Waals surface area contributed by atoms with Gasteiger partial charge in [-0.15, -0.1) is 0 Å². The zero-order valence-electron chi connectivity index (χ0n) is 13.1. The number of nitrogens with two attached hydrogens (primary N) is 1. The molecule has 0 bridgehead atoms. The van der Waals surface area contributed by atoms with Gasteiger partial charge in [0.1, 0.15) is 6.10 Å². The average Bonchev–Trinajstić information content (AvgIpc) is 3.11. The minimum Gasteiger partial charge on any atom is -0.456 e. The maximum absolute atomic E-state index is 11.5. The Balaban J connectivity index is 2.22. The number of thioether (sulfide) groups is 1. The minimum absolute atomic E-state index is 0.447. The molecule has 0 radical (unpaired) electrons. The van der Waals surface area contributed by atoms with Gasteiger partial charge in [0.2, 0.25) is 0 Å². The number of aliphatic hydroxyl groups excluding tert-OH is 1. The van der Waals surface area contributed by atoms with Gasteiger partial charge in [-0.2, -0.15) is 0 Å². The molecule has 2 rings (SSSR count). The Kier molecular flexibility index (Phi) is 4.12. The van der Waals surface area contributed by atoms with Crippen LogP contribution in [0, 0.1) is 0 Å². The van der Waals surface area contributed by atoms with Gasteiger partial charge in [0, 0.05) is 22.7 Å². The van der Waals surface area contributed by atoms with Gasteiger partial charge >= 0.3 is 11.9 Å². The van der Waals surface area contributed by atoms with Crippen molar-refractivity contribution in [2.75, 3.05) is 12.5 Å². The molecular weight excluding hydrogens is 300 g/mol. The highest BCUT2D eigenvalue weighted by Crippen LogP contribution is 2.33. The van der Waals surface area contributed by atoms with Crippen molar-refractivity contribution in [3.05, 3.63) is 11.2 Å². The van der Waals surface area contributed by atoms with E-state index >= 15 is 0 Å². The van der Waals surface area contributed by atoms with Crippen LogP contribution in [-0.2, 0) is 23.8 Å². The third-order valence-corrected chi connectivity index (χ3v) is 3.87. The van der Waals surface area contributed by atoms with Crippen LogP contribution in [0.3, 0.4) is 0 Å². The van der Waals surface area contributed by atoms with E-state index in [-0.39, 0.29) is 0 Å². The molecule has 0 amide bonds. The molecule has 1 fully saturated rings. The molecule has 21 heavy (non-hydrogen) atoms. The molecule has 0 aromatic heterocycles. The van der Waals surface area contributed by atoms with E-state index in [4.69, 9.17) is 22.7 Å². The largest absolute Gasteiger partial charge is 0.456 e. The smallest absolute Gasteiger partial charge is 0.303 e. The zero-order valence-corrected chi connectivity index (χ0v) is 12.0. The third kappa shape index (κ3) is 3.60. The van der Waals surface area contributed by atoms with Crippen LogP contribution in [-0.4, -0.2) is 59.0 Å². The molecule has 0 aliphatic carbocycles. The van der Waals surface area contributed by atoms with Gasteiger partial charge in [-0.25, -0.2) is 0 Å². The van der Waals surface area contributed by atoms with Crippen LogP contribution >= 0.6 is 11.8 Å². The highest BCUT2D eigenvalue weighted by molar-refractivity contribution is 8.03. The van der Waals surface area contributed by atoms with Crippen molar-refractivity contribution >= 4 is 23.7 Å². The highest BCUT2D eigenvalue weighted by atomic mass is 32.2. The SMILES string of the molecule is [2H]CC(=O)O[C@@H]1[C@@H](CO)OC(N2C=C(N)SC2)[C@@H]1OC(=O)C[2H]. The first-order chi connectivity index (χ1) is 11.0. The standard InChI is InChI=1S/C12H18N2O6S/c1-6(16)18-10-8(4-15)20-12(11(10)19-7(2)17)14-3-9(13)21-5-14/h3,8,10-12,15H,4-5,13H2,1-2H3/t8-,10-,11-,12?/m1/s1/i1D,2D. The monoisotopic (exact) mass is 320 g/mol. The van der Waals surface area contributed by atoms with Gasteiger partial charge in [-0.3, -0.25) is 9.59 Å². The first-order valence-corrected chi connectivity index (χ1v) is 7.08. The number of carbonyl (C=O) groups excluding carboxylic acids is 2. The molecule has 3 N–H and O–H groups in total. The summed E-state index contributed by atoms with van der Waals surface area (Å²) in [4.78, 5) is 24.6. The fourth-order valence-electron chi connectivity index (χ4n) is 2.23. The molecule has 0 aromatic carbocycles. The molecule has 0 spiro atoms. The van der Waals surface area contributed by atoms with Crippen molar-refractivity contribution in [2.45, 2.75) is 38.3 Å². The maximum atomic E-state index is 11.5. The second-order valence-electron chi connectivity index (χ2n) is 4.48. The average molecular weight is 320 g/mol. The summed E-state index contributed by atoms with van der Waals surface area (Å²) in [5.41, 5.74) is 5.70. The minimum atomic E-state index is -1.06. The molecule has 2 aliphatic rings. The van der Waals surface area contributed by atoms with E-state index in [2.05, 4.69) is 0 Å². The summed E-state index contributed by atoms with van der Waals surface area (Å²) >= 11 is 1.35. The van der Waals surface area contributed by atoms with Gasteiger partial charge in [0.25, 0.3) is 0 Å². The summed E-state index contributed by atoms with van der Waals surface area (Å²) in [6.45, 7) is -1.66. The fraction of sp³-hybridized carbons (Fsp3) is 0.667. The van der Waals surface area contributed by atoms with E-state index in [0.717, 1.165) is 0 Å². The van der Waals surface area contributed by atoms with Gasteiger partial charge in [0.05, 0.1) is 17.5 Å². The van der Waals surface area contributed by atoms with E-state index < -0.39 is 56.9 Å². The Hall–Kier alpha value is -1.45. The normalized spacial score (nSPS) is 33.2. The summed E-state index contributed by atoms with van der Waals surface area (Å²) < 4.78 is 30.0. The molecule has 118 valence electrons. The van der Waals surface area contributed by atoms with Crippen molar-refractivity contribution in [1.29, 1.82) is 0 Å². The van der Waals surface area contributed by atoms with Crippen LogP contribution in [0.25, 0.3) is 0 Å². The number of ether oxygens (including phenoxy) is 3. The Labute approximate surface area is 129 Å². The molecule has 2 heterocycles. The number of nitrogens with zero attached hydrogens (tertiary/aromatic N) is 1. The lowest BCUT2D eigenvalue weighted by molar-refractivity contribution is -0.166. The number of rotatable bonds is 4. The van der Waals surface area contributed by atoms with E-state index in [1.165, 1.54) is 11.8 Å². The van der Waals surface area contributed by atoms with Crippen LogP contribution < -0.4 is 5.73 Å². The molecule has 9 heteroatoms. The topological polar surface area (TPSA) is 111 Å². The molecule has 2 aliphatic heterocycles. The van der Waals surface area contributed by atoms with E-state index in [1.807, 2.05) is 0 Å². The molecule has 4 atom stereocenters. The Morgan fingerprint density at radius 2 is 2.19 bits per heavy atom. The van der Waals surface area contributed by atoms with Crippen LogP contribution in [0.5, 0.6) is 0 Å². The molecule has 0 aromatic rings. The number of aliphatic hydroxyl groups is 1. The molecule has 8 nitrogen and oxygen atoms in total. The zero-order chi connectivity index (χ0) is 17.0. The van der Waals surface area contributed by atoms with Gasteiger partial charge in [-0.1, -0.05) is 11.8 Å². The second kappa shape index (κ2) is 6.54. The summed E-state index contributed by atoms with van der Waals surface area (Å²) in [6, 6.07) is 0. The van der Waals surface area contributed by atoms with E-state index in [0.29, 0.717) is 10.9 Å². The second-order valence-corrected chi connectivity index (χ2v) is 5.49. The predicted molar refractivity (Wildman–Crippen MR) is 73.4 cm³/mol. The summed E-state index contributed by atoms with van der Waals surface area (Å²) in [7, 11) is 0. The van der Waals surface area contributed by atoms with Crippen LogP contribution in [0.2, 0.25) is 0 Å². The number of carbonyl (C=O) groups is 2. The first-order valence-electron chi connectivity index (χ1n) is 7.51. The van der Waals surface area contributed by atoms with Crippen molar-refractivity contribution < 1.29 is 31.6 Å². The van der Waals surface area contributed by atoms with E-state index in [9.17, 15) is 14.7 Å². The van der Waals surface area contributed by atoms with Crippen molar-refractivity contribution in [3.8, 4) is 0 Å². The Bertz CT molecular complexity index is 494. The van der Waals surface area contributed by atoms with Gasteiger partial charge in [0.15, 0.2) is 18.4 Å². The lowest BCUT2D eigenvalue weighted by Gasteiger charge is -2.28. The van der Waals surface area contributed by atoms with Crippen LogP contribution in [0.1, 0.15) is 16.5 Å². The summed E-state index contributed by atoms with van der Waals surface area (Å²) in [5, 5.41) is 9.99. The summed E-state index contributed by atoms with van der Waals surface area (Å²) in [6.07, 6.45) is -2.18. The molecule has 0 saturated carbocycles. The predicted octanol–water partition coefficient (Wildman–Crippen LogP) is -0.669. The van der Waals surface area contributed by atoms with Crippen molar-refractivity contribution in [3.63, 3.8) is 0 Å². The molecular formula is C12H18N2O6S. The molecule has 1 saturated heterocycles. The number of hydrogen-bond donors (Lipinski definition) is 2. The fourth-order valence-corrected chi connectivity index (χ4v) is 2.96. The van der Waals surface area contributed by atoms with Crippen LogP contribution in [0.15, 0.2) is 11.2 Å². The van der Waals surface area contributed by atoms with Crippen molar-refractivity contribution in [1.82, 2.24) is 4.90 Å². The first kappa shape index (κ1) is 13.2. The molecule has 1 unspecified atom stereocenters. The Morgan fingerprint density at radius 1 is 1.52 bits per heavy atom. The van der Waals surface area contributed by atoms with E-state index in [1.54, 1.807) is 11.1 Å². The van der Waals surface area contributed by atoms with Crippen LogP contribution in [0.4, 0.5) is 0 Å². The third-order valence-electron chi connectivity index (χ3n) is 3.00. The lowest BCUT2D eigenvalue weighted by Crippen LogP contribution is -2.45. The van der Waals surface area contributed by atoms with Gasteiger partial charge in [-0.05, 0) is 0 Å². The summed E-state index contributed by atoms with van der Waals surface area (Å²) in [5.74, 6) is -1.18. The quantitative estimate of drug-likeness (QED) is 0.651. The Morgan fingerprint density at radius 3 is 2.71 bits per heavy atom. The maximum Gasteiger partial charge on any atom is 0.303 e. The lowest BCUT2D eigenvalue weighted by atomic mass is 10.1. The number of esters is 2.